The predicted octanol–water partition coefficient (Wildman–Crippen LogP) is 2.17. The van der Waals surface area contributed by atoms with E-state index in [9.17, 15) is 9.90 Å². The molecule has 1 aromatic heterocycles. The minimum absolute atomic E-state index is 0.373. The minimum atomic E-state index is -0.698. The van der Waals surface area contributed by atoms with E-state index in [1.165, 1.54) is 0 Å². The van der Waals surface area contributed by atoms with Gasteiger partial charge in [-0.15, -0.1) is 5.10 Å². The predicted molar refractivity (Wildman–Crippen MR) is 80.2 cm³/mol. The van der Waals surface area contributed by atoms with Crippen LogP contribution in [0.1, 0.15) is 50.8 Å². The van der Waals surface area contributed by atoms with Crippen LogP contribution in [-0.4, -0.2) is 42.8 Å². The highest BCUT2D eigenvalue weighted by Gasteiger charge is 2.42. The van der Waals surface area contributed by atoms with Gasteiger partial charge in [0.1, 0.15) is 0 Å². The maximum absolute atomic E-state index is 11.9. The molecule has 1 aromatic rings. The molecule has 116 valence electrons. The molecule has 0 amide bonds. The van der Waals surface area contributed by atoms with Gasteiger partial charge in [0.15, 0.2) is 5.82 Å². The van der Waals surface area contributed by atoms with Crippen molar-refractivity contribution >= 4 is 17.7 Å². The van der Waals surface area contributed by atoms with E-state index in [-0.39, 0.29) is 0 Å². The summed E-state index contributed by atoms with van der Waals surface area (Å²) in [5.41, 5.74) is -0.692. The molecule has 1 atom stereocenters. The van der Waals surface area contributed by atoms with Crippen molar-refractivity contribution in [3.05, 3.63) is 5.82 Å². The molecule has 1 saturated carbocycles. The van der Waals surface area contributed by atoms with Gasteiger partial charge in [-0.2, -0.15) is 11.8 Å². The molecule has 0 bridgehead atoms. The smallest absolute Gasteiger partial charge is 0.311 e. The molecule has 1 aliphatic heterocycles. The third kappa shape index (κ3) is 2.93. The van der Waals surface area contributed by atoms with Gasteiger partial charge in [0, 0.05) is 11.7 Å². The summed E-state index contributed by atoms with van der Waals surface area (Å²) in [5.74, 6) is 3.35. The molecule has 1 saturated heterocycles. The van der Waals surface area contributed by atoms with Gasteiger partial charge in [0.05, 0.1) is 12.0 Å². The number of nitrogens with zero attached hydrogens (tertiary/aromatic N) is 4. The number of tetrazole rings is 1. The second kappa shape index (κ2) is 5.94. The Bertz CT molecular complexity index is 505. The van der Waals surface area contributed by atoms with Crippen LogP contribution in [0.2, 0.25) is 0 Å². The van der Waals surface area contributed by atoms with Crippen molar-refractivity contribution in [1.29, 1.82) is 0 Å². The van der Waals surface area contributed by atoms with Crippen LogP contribution in [0.5, 0.6) is 0 Å². The Balaban J connectivity index is 1.80. The number of aromatic nitrogens is 4. The van der Waals surface area contributed by atoms with Crippen LogP contribution < -0.4 is 0 Å². The third-order valence-electron chi connectivity index (χ3n) is 4.99. The number of hydrogen-bond donors (Lipinski definition) is 1. The molecule has 0 aromatic carbocycles. The number of carbonyl (C=O) groups is 1. The quantitative estimate of drug-likeness (QED) is 0.918. The molecule has 21 heavy (non-hydrogen) atoms. The van der Waals surface area contributed by atoms with Crippen LogP contribution in [0, 0.1) is 11.3 Å². The van der Waals surface area contributed by atoms with E-state index < -0.39 is 11.4 Å². The Morgan fingerprint density at radius 1 is 1.43 bits per heavy atom. The van der Waals surface area contributed by atoms with Gasteiger partial charge in [-0.1, -0.05) is 6.92 Å². The maximum atomic E-state index is 11.9. The molecule has 1 unspecified atom stereocenters. The first kappa shape index (κ1) is 14.8. The summed E-state index contributed by atoms with van der Waals surface area (Å²) in [6.07, 6.45) is 4.48. The Morgan fingerprint density at radius 3 is 2.81 bits per heavy atom. The Labute approximate surface area is 128 Å². The fraction of sp³-hybridized carbons (Fsp3) is 0.857. The lowest BCUT2D eigenvalue weighted by molar-refractivity contribution is -0.153. The lowest BCUT2D eigenvalue weighted by atomic mass is 9.71. The molecule has 7 heteroatoms. The fourth-order valence-electron chi connectivity index (χ4n) is 3.40. The summed E-state index contributed by atoms with van der Waals surface area (Å²) in [7, 11) is 0. The first-order valence-electron chi connectivity index (χ1n) is 7.68. The van der Waals surface area contributed by atoms with Gasteiger partial charge in [-0.05, 0) is 54.2 Å². The summed E-state index contributed by atoms with van der Waals surface area (Å²) in [4.78, 5) is 11.9. The summed E-state index contributed by atoms with van der Waals surface area (Å²) < 4.78 is 1.76. The zero-order chi connectivity index (χ0) is 14.9. The molecule has 1 aliphatic carbocycles. The maximum Gasteiger partial charge on any atom is 0.311 e. The van der Waals surface area contributed by atoms with Crippen molar-refractivity contribution in [2.45, 2.75) is 51.5 Å². The molecule has 0 radical (unpaired) electrons. The second-order valence-corrected chi connectivity index (χ2v) is 7.67. The van der Waals surface area contributed by atoms with Crippen LogP contribution in [0.25, 0.3) is 0 Å². The summed E-state index contributed by atoms with van der Waals surface area (Å²) in [6, 6.07) is 0. The highest BCUT2D eigenvalue weighted by molar-refractivity contribution is 7.99. The highest BCUT2D eigenvalue weighted by atomic mass is 32.2. The van der Waals surface area contributed by atoms with Crippen molar-refractivity contribution in [3.8, 4) is 0 Å². The molecule has 6 nitrogen and oxygen atoms in total. The van der Waals surface area contributed by atoms with E-state index in [0.717, 1.165) is 49.4 Å². The molecule has 0 spiro atoms. The first-order valence-corrected chi connectivity index (χ1v) is 8.83. The summed E-state index contributed by atoms with van der Waals surface area (Å²) in [5, 5.41) is 21.8. The highest BCUT2D eigenvalue weighted by Crippen LogP contribution is 2.41. The second-order valence-electron chi connectivity index (χ2n) is 6.52. The van der Waals surface area contributed by atoms with Crippen LogP contribution in [0.15, 0.2) is 0 Å². The van der Waals surface area contributed by atoms with Gasteiger partial charge in [0.2, 0.25) is 0 Å². The van der Waals surface area contributed by atoms with Gasteiger partial charge in [0.25, 0.3) is 0 Å². The molecular weight excluding hydrogens is 288 g/mol. The molecule has 2 aliphatic rings. The molecule has 1 N–H and O–H groups in total. The third-order valence-corrected chi connectivity index (χ3v) is 6.15. The fourth-order valence-corrected chi connectivity index (χ4v) is 4.61. The van der Waals surface area contributed by atoms with Crippen LogP contribution >= 0.6 is 11.8 Å². The Hall–Kier alpha value is -1.11. The zero-order valence-corrected chi connectivity index (χ0v) is 13.2. The zero-order valence-electron chi connectivity index (χ0n) is 12.4. The van der Waals surface area contributed by atoms with Crippen molar-refractivity contribution in [1.82, 2.24) is 20.2 Å². The standard InChI is InChI=1S/C14H22N4O2S/c1-10-2-5-14(6-3-10,13(19)20)9-18-12(15-16-17-18)11-4-7-21-8-11/h10-11H,2-9H2,1H3,(H,19,20). The number of rotatable bonds is 4. The van der Waals surface area contributed by atoms with E-state index in [2.05, 4.69) is 22.4 Å². The van der Waals surface area contributed by atoms with E-state index in [1.54, 1.807) is 4.68 Å². The van der Waals surface area contributed by atoms with E-state index in [4.69, 9.17) is 0 Å². The monoisotopic (exact) mass is 310 g/mol. The van der Waals surface area contributed by atoms with E-state index in [0.29, 0.717) is 18.4 Å². The average molecular weight is 310 g/mol. The first-order chi connectivity index (χ1) is 10.1. The summed E-state index contributed by atoms with van der Waals surface area (Å²) in [6.45, 7) is 2.61. The normalized spacial score (nSPS) is 33.2. The molecule has 3 rings (SSSR count). The number of carboxylic acids is 1. The van der Waals surface area contributed by atoms with Gasteiger partial charge < -0.3 is 5.11 Å². The lowest BCUT2D eigenvalue weighted by Crippen LogP contribution is -2.39. The number of thioether (sulfide) groups is 1. The number of aliphatic carboxylic acids is 1. The van der Waals surface area contributed by atoms with Crippen molar-refractivity contribution < 1.29 is 9.90 Å². The van der Waals surface area contributed by atoms with Gasteiger partial charge in [-0.3, -0.25) is 4.79 Å². The average Bonchev–Trinajstić information content (AvgIpc) is 3.12. The lowest BCUT2D eigenvalue weighted by Gasteiger charge is -2.35. The van der Waals surface area contributed by atoms with Crippen molar-refractivity contribution in [2.24, 2.45) is 11.3 Å². The Morgan fingerprint density at radius 2 is 2.19 bits per heavy atom. The largest absolute Gasteiger partial charge is 0.481 e. The summed E-state index contributed by atoms with van der Waals surface area (Å²) >= 11 is 1.92. The topological polar surface area (TPSA) is 80.9 Å². The van der Waals surface area contributed by atoms with Crippen LogP contribution in [0.3, 0.4) is 0 Å². The van der Waals surface area contributed by atoms with Crippen molar-refractivity contribution in [2.75, 3.05) is 11.5 Å². The van der Waals surface area contributed by atoms with E-state index in [1.807, 2.05) is 11.8 Å². The molecular formula is C14H22N4O2S. The van der Waals surface area contributed by atoms with E-state index >= 15 is 0 Å². The van der Waals surface area contributed by atoms with Gasteiger partial charge in [-0.25, -0.2) is 4.68 Å². The molecule has 2 heterocycles. The van der Waals surface area contributed by atoms with Crippen LogP contribution in [0.4, 0.5) is 0 Å². The van der Waals surface area contributed by atoms with Gasteiger partial charge >= 0.3 is 5.97 Å². The number of hydrogen-bond acceptors (Lipinski definition) is 5. The van der Waals surface area contributed by atoms with Crippen molar-refractivity contribution in [3.63, 3.8) is 0 Å². The molecule has 2 fully saturated rings. The Kier molecular flexibility index (Phi) is 4.19. The minimum Gasteiger partial charge on any atom is -0.481 e. The number of carboxylic acid groups (broad SMARTS) is 1. The SMILES string of the molecule is CC1CCC(Cn2nnnc2C2CCSC2)(C(=O)O)CC1. The van der Waals surface area contributed by atoms with Crippen LogP contribution in [-0.2, 0) is 11.3 Å².